The van der Waals surface area contributed by atoms with E-state index in [1.165, 1.54) is 6.92 Å². The summed E-state index contributed by atoms with van der Waals surface area (Å²) < 4.78 is 12.1. The zero-order chi connectivity index (χ0) is 21.3. The van der Waals surface area contributed by atoms with Crippen LogP contribution in [0.3, 0.4) is 0 Å². The number of anilines is 1. The van der Waals surface area contributed by atoms with Crippen LogP contribution in [0.5, 0.6) is 0 Å². The number of aromatic nitrogens is 4. The molecule has 0 spiro atoms. The fourth-order valence-corrected chi connectivity index (χ4v) is 2.81. The Hall–Kier alpha value is -3.23. The highest BCUT2D eigenvalue weighted by Gasteiger charge is 2.24. The number of rotatable bonds is 6. The SMILES string of the molecule is Cc1cc(NC(=O)[C@@H](C)OC(=O)c2cc(C(C)C)nc3c2cnn3C(C)C)no1. The van der Waals surface area contributed by atoms with Gasteiger partial charge >= 0.3 is 5.97 Å². The first-order chi connectivity index (χ1) is 13.7. The number of carbonyl (C=O) groups is 2. The Bertz CT molecular complexity index is 1050. The zero-order valence-electron chi connectivity index (χ0n) is 17.4. The van der Waals surface area contributed by atoms with Crippen molar-refractivity contribution in [2.24, 2.45) is 0 Å². The van der Waals surface area contributed by atoms with Crippen molar-refractivity contribution in [3.05, 3.63) is 35.3 Å². The van der Waals surface area contributed by atoms with Gasteiger partial charge in [0.05, 0.1) is 17.1 Å². The molecule has 0 radical (unpaired) electrons. The van der Waals surface area contributed by atoms with Crippen LogP contribution < -0.4 is 5.32 Å². The van der Waals surface area contributed by atoms with Crippen LogP contribution in [-0.2, 0) is 9.53 Å². The van der Waals surface area contributed by atoms with Crippen LogP contribution in [0.1, 0.15) is 68.4 Å². The summed E-state index contributed by atoms with van der Waals surface area (Å²) in [6.07, 6.45) is 0.580. The summed E-state index contributed by atoms with van der Waals surface area (Å²) in [5.74, 6) is -0.174. The third kappa shape index (κ3) is 4.28. The predicted molar refractivity (Wildman–Crippen MR) is 107 cm³/mol. The van der Waals surface area contributed by atoms with E-state index in [4.69, 9.17) is 9.26 Å². The van der Waals surface area contributed by atoms with Gasteiger partial charge in [0.25, 0.3) is 5.91 Å². The molecule has 0 unspecified atom stereocenters. The highest BCUT2D eigenvalue weighted by molar-refractivity contribution is 6.04. The first-order valence-electron chi connectivity index (χ1n) is 9.50. The minimum absolute atomic E-state index is 0.0851. The van der Waals surface area contributed by atoms with E-state index in [2.05, 4.69) is 20.6 Å². The normalized spacial score (nSPS) is 12.6. The first-order valence-corrected chi connectivity index (χ1v) is 9.50. The molecule has 1 amide bonds. The Morgan fingerprint density at radius 1 is 1.17 bits per heavy atom. The van der Waals surface area contributed by atoms with Crippen LogP contribution >= 0.6 is 0 Å². The minimum atomic E-state index is -1.02. The topological polar surface area (TPSA) is 112 Å². The summed E-state index contributed by atoms with van der Waals surface area (Å²) in [6, 6.07) is 3.36. The summed E-state index contributed by atoms with van der Waals surface area (Å²) in [6.45, 7) is 11.2. The summed E-state index contributed by atoms with van der Waals surface area (Å²) >= 11 is 0. The number of pyridine rings is 1. The van der Waals surface area contributed by atoms with Crippen molar-refractivity contribution in [2.75, 3.05) is 5.32 Å². The molecule has 0 fully saturated rings. The van der Waals surface area contributed by atoms with Crippen molar-refractivity contribution < 1.29 is 18.8 Å². The maximum Gasteiger partial charge on any atom is 0.339 e. The second kappa shape index (κ2) is 8.02. The molecule has 154 valence electrons. The van der Waals surface area contributed by atoms with Crippen LogP contribution in [0.15, 0.2) is 22.9 Å². The third-order valence-electron chi connectivity index (χ3n) is 4.42. The number of aryl methyl sites for hydroxylation is 1. The van der Waals surface area contributed by atoms with E-state index in [0.717, 1.165) is 5.69 Å². The predicted octanol–water partition coefficient (Wildman–Crippen LogP) is 3.62. The molecule has 0 aliphatic rings. The molecule has 29 heavy (non-hydrogen) atoms. The molecule has 0 bridgehead atoms. The van der Waals surface area contributed by atoms with E-state index < -0.39 is 18.0 Å². The molecule has 0 saturated carbocycles. The van der Waals surface area contributed by atoms with E-state index in [1.807, 2.05) is 27.7 Å². The third-order valence-corrected chi connectivity index (χ3v) is 4.42. The Balaban J connectivity index is 1.86. The number of nitrogens with zero attached hydrogens (tertiary/aromatic N) is 4. The van der Waals surface area contributed by atoms with E-state index in [-0.39, 0.29) is 17.8 Å². The van der Waals surface area contributed by atoms with Gasteiger partial charge < -0.3 is 14.6 Å². The van der Waals surface area contributed by atoms with E-state index in [0.29, 0.717) is 22.4 Å². The number of nitrogens with one attached hydrogen (secondary N) is 1. The van der Waals surface area contributed by atoms with Gasteiger partial charge in [0, 0.05) is 17.8 Å². The number of hydrogen-bond acceptors (Lipinski definition) is 7. The van der Waals surface area contributed by atoms with E-state index in [1.54, 1.807) is 29.9 Å². The Morgan fingerprint density at radius 2 is 1.90 bits per heavy atom. The summed E-state index contributed by atoms with van der Waals surface area (Å²) in [7, 11) is 0. The number of carbonyl (C=O) groups excluding carboxylic acids is 2. The van der Waals surface area contributed by atoms with Crippen molar-refractivity contribution in [2.45, 2.75) is 59.6 Å². The van der Waals surface area contributed by atoms with Crippen molar-refractivity contribution in [3.63, 3.8) is 0 Å². The first kappa shape index (κ1) is 20.5. The summed E-state index contributed by atoms with van der Waals surface area (Å²) in [5, 5.41) is 11.2. The molecule has 1 atom stereocenters. The highest BCUT2D eigenvalue weighted by Crippen LogP contribution is 2.25. The maximum absolute atomic E-state index is 12.9. The summed E-state index contributed by atoms with van der Waals surface area (Å²) in [4.78, 5) is 29.9. The second-order valence-electron chi connectivity index (χ2n) is 7.53. The van der Waals surface area contributed by atoms with Crippen molar-refractivity contribution >= 4 is 28.7 Å². The Labute approximate surface area is 168 Å². The fourth-order valence-electron chi connectivity index (χ4n) is 2.81. The quantitative estimate of drug-likeness (QED) is 0.630. The molecule has 9 heteroatoms. The minimum Gasteiger partial charge on any atom is -0.449 e. The number of esters is 1. The van der Waals surface area contributed by atoms with Crippen molar-refractivity contribution in [1.82, 2.24) is 19.9 Å². The molecule has 0 aliphatic heterocycles. The molecule has 3 aromatic heterocycles. The molecule has 0 aromatic carbocycles. The summed E-state index contributed by atoms with van der Waals surface area (Å²) in [5.41, 5.74) is 1.71. The number of fused-ring (bicyclic) bond motifs is 1. The van der Waals surface area contributed by atoms with Crippen molar-refractivity contribution in [3.8, 4) is 0 Å². The average molecular weight is 399 g/mol. The van der Waals surface area contributed by atoms with Crippen LogP contribution in [0.4, 0.5) is 5.82 Å². The lowest BCUT2D eigenvalue weighted by atomic mass is 10.1. The molecular formula is C20H25N5O4. The van der Waals surface area contributed by atoms with E-state index >= 15 is 0 Å². The lowest BCUT2D eigenvalue weighted by molar-refractivity contribution is -0.123. The van der Waals surface area contributed by atoms with Gasteiger partial charge in [0.2, 0.25) is 0 Å². The molecule has 0 aliphatic carbocycles. The van der Waals surface area contributed by atoms with Crippen LogP contribution in [-0.4, -0.2) is 37.9 Å². The number of hydrogen-bond donors (Lipinski definition) is 1. The number of ether oxygens (including phenoxy) is 1. The lowest BCUT2D eigenvalue weighted by Gasteiger charge is -2.14. The van der Waals surface area contributed by atoms with Crippen molar-refractivity contribution in [1.29, 1.82) is 0 Å². The van der Waals surface area contributed by atoms with Crippen LogP contribution in [0, 0.1) is 6.92 Å². The zero-order valence-corrected chi connectivity index (χ0v) is 17.4. The van der Waals surface area contributed by atoms with Gasteiger partial charge in [-0.05, 0) is 39.7 Å². The lowest BCUT2D eigenvalue weighted by Crippen LogP contribution is -2.30. The molecule has 9 nitrogen and oxygen atoms in total. The fraction of sp³-hybridized carbons (Fsp3) is 0.450. The maximum atomic E-state index is 12.9. The van der Waals surface area contributed by atoms with Gasteiger partial charge in [-0.2, -0.15) is 5.10 Å². The van der Waals surface area contributed by atoms with Gasteiger partial charge in [0.15, 0.2) is 17.6 Å². The van der Waals surface area contributed by atoms with Gasteiger partial charge in [-0.15, -0.1) is 0 Å². The standard InChI is InChI=1S/C20H25N5O4/c1-10(2)16-8-14(15-9-21-25(11(3)4)18(15)22-16)20(27)28-13(6)19(26)23-17-7-12(5)29-24-17/h7-11,13H,1-6H3,(H,23,24,26)/t13-/m1/s1. The Kier molecular flexibility index (Phi) is 5.67. The highest BCUT2D eigenvalue weighted by atomic mass is 16.5. The van der Waals surface area contributed by atoms with Gasteiger partial charge in [-0.25, -0.2) is 14.5 Å². The van der Waals surface area contributed by atoms with Gasteiger partial charge in [0.1, 0.15) is 5.76 Å². The number of amides is 1. The molecule has 0 saturated heterocycles. The molecule has 3 rings (SSSR count). The van der Waals surface area contributed by atoms with Gasteiger partial charge in [-0.3, -0.25) is 4.79 Å². The second-order valence-corrected chi connectivity index (χ2v) is 7.53. The smallest absolute Gasteiger partial charge is 0.339 e. The molecular weight excluding hydrogens is 374 g/mol. The largest absolute Gasteiger partial charge is 0.449 e. The average Bonchev–Trinajstić information content (AvgIpc) is 3.26. The monoisotopic (exact) mass is 399 g/mol. The molecule has 3 aromatic rings. The van der Waals surface area contributed by atoms with Crippen LogP contribution in [0.2, 0.25) is 0 Å². The Morgan fingerprint density at radius 3 is 2.48 bits per heavy atom. The van der Waals surface area contributed by atoms with Gasteiger partial charge in [-0.1, -0.05) is 19.0 Å². The molecule has 3 heterocycles. The molecule has 1 N–H and O–H groups in total. The van der Waals surface area contributed by atoms with Crippen LogP contribution in [0.25, 0.3) is 11.0 Å². The van der Waals surface area contributed by atoms with E-state index in [9.17, 15) is 9.59 Å².